The average molecular weight is 561 g/mol. The highest BCUT2D eigenvalue weighted by Crippen LogP contribution is 2.22. The van der Waals surface area contributed by atoms with Crippen LogP contribution in [0.2, 0.25) is 0 Å². The van der Waals surface area contributed by atoms with E-state index >= 15 is 0 Å². The molecule has 1 unspecified atom stereocenters. The highest BCUT2D eigenvalue weighted by molar-refractivity contribution is 6.20. The van der Waals surface area contributed by atoms with Crippen molar-refractivity contribution in [2.45, 2.75) is 73.0 Å². The van der Waals surface area contributed by atoms with Gasteiger partial charge in [0, 0.05) is 19.6 Å². The smallest absolute Gasteiger partial charge is 0.285 e. The fourth-order valence-corrected chi connectivity index (χ4v) is 4.83. The van der Waals surface area contributed by atoms with Crippen LogP contribution in [-0.4, -0.2) is 97.1 Å². The van der Waals surface area contributed by atoms with Crippen LogP contribution in [0.25, 0.3) is 0 Å². The summed E-state index contributed by atoms with van der Waals surface area (Å²) >= 11 is 0. The van der Waals surface area contributed by atoms with Crippen LogP contribution in [0.1, 0.15) is 75.6 Å². The molecule has 4 amide bonds. The van der Waals surface area contributed by atoms with Crippen LogP contribution in [0.5, 0.6) is 0 Å². The quantitative estimate of drug-likeness (QED) is 0.244. The van der Waals surface area contributed by atoms with Crippen molar-refractivity contribution in [2.24, 2.45) is 17.8 Å². The van der Waals surface area contributed by atoms with Crippen LogP contribution >= 0.6 is 0 Å². The SMILES string of the molecule is CCC(C)[C@@H](C)N(C)C(=O)[C@@H](NC(=O)[C@H](C(C)C)N(C)CCOCCON1C(=O)c2ccccc2C1=O)C(C)C. The first kappa shape index (κ1) is 33.4. The summed E-state index contributed by atoms with van der Waals surface area (Å²) in [7, 11) is 3.66. The van der Waals surface area contributed by atoms with Gasteiger partial charge in [-0.2, -0.15) is 0 Å². The first-order chi connectivity index (χ1) is 18.8. The Hall–Kier alpha value is -2.82. The second-order valence-corrected chi connectivity index (χ2v) is 11.4. The lowest BCUT2D eigenvalue weighted by Crippen LogP contribution is -2.58. The maximum Gasteiger partial charge on any atom is 0.285 e. The molecule has 1 aliphatic rings. The summed E-state index contributed by atoms with van der Waals surface area (Å²) in [6, 6.07) is 5.59. The van der Waals surface area contributed by atoms with Gasteiger partial charge in [-0.15, -0.1) is 5.06 Å². The minimum Gasteiger partial charge on any atom is -0.378 e. The van der Waals surface area contributed by atoms with Gasteiger partial charge in [0.05, 0.1) is 37.0 Å². The van der Waals surface area contributed by atoms with Crippen LogP contribution in [0.15, 0.2) is 24.3 Å². The zero-order valence-electron chi connectivity index (χ0n) is 25.6. The van der Waals surface area contributed by atoms with Crippen molar-refractivity contribution in [3.05, 3.63) is 35.4 Å². The van der Waals surface area contributed by atoms with Crippen molar-refractivity contribution < 1.29 is 28.8 Å². The van der Waals surface area contributed by atoms with Crippen LogP contribution in [0, 0.1) is 17.8 Å². The van der Waals surface area contributed by atoms with Crippen molar-refractivity contribution in [3.63, 3.8) is 0 Å². The molecule has 2 rings (SSSR count). The highest BCUT2D eigenvalue weighted by atomic mass is 16.7. The third kappa shape index (κ3) is 8.11. The zero-order chi connectivity index (χ0) is 30.1. The van der Waals surface area contributed by atoms with Gasteiger partial charge in [0.1, 0.15) is 6.04 Å². The van der Waals surface area contributed by atoms with Gasteiger partial charge in [-0.05, 0) is 43.9 Å². The summed E-state index contributed by atoms with van der Waals surface area (Å²) in [5.41, 5.74) is 0.650. The molecule has 0 aromatic heterocycles. The van der Waals surface area contributed by atoms with Gasteiger partial charge in [-0.1, -0.05) is 60.1 Å². The Morgan fingerprint density at radius 2 is 1.48 bits per heavy atom. The van der Waals surface area contributed by atoms with Gasteiger partial charge in [0.2, 0.25) is 11.8 Å². The molecule has 4 atom stereocenters. The van der Waals surface area contributed by atoms with E-state index in [9.17, 15) is 19.2 Å². The molecule has 1 aromatic carbocycles. The molecule has 10 heteroatoms. The lowest BCUT2D eigenvalue weighted by molar-refractivity contribution is -0.140. The highest BCUT2D eigenvalue weighted by Gasteiger charge is 2.37. The predicted octanol–water partition coefficient (Wildman–Crippen LogP) is 3.22. The van der Waals surface area contributed by atoms with Crippen LogP contribution in [0.3, 0.4) is 0 Å². The molecule has 1 heterocycles. The summed E-state index contributed by atoms with van der Waals surface area (Å²) < 4.78 is 5.66. The Kier molecular flexibility index (Phi) is 12.7. The summed E-state index contributed by atoms with van der Waals surface area (Å²) in [6.45, 7) is 15.1. The van der Waals surface area contributed by atoms with Crippen molar-refractivity contribution in [1.82, 2.24) is 20.2 Å². The van der Waals surface area contributed by atoms with Crippen LogP contribution in [0.4, 0.5) is 0 Å². The van der Waals surface area contributed by atoms with Crippen LogP contribution in [-0.2, 0) is 19.2 Å². The number of rotatable bonds is 16. The molecule has 0 saturated heterocycles. The minimum absolute atomic E-state index is 0.00170. The standard InChI is InChI=1S/C30H48N4O6/c1-10-21(6)22(7)33(9)30(38)25(19(2)3)31-27(35)26(20(4)5)32(8)15-16-39-17-18-40-34-28(36)23-13-11-12-14-24(23)29(34)37/h11-14,19-22,25-26H,10,15-18H2,1-9H3,(H,31,35)/t21?,22-,25+,26+/m1/s1. The molecule has 0 radical (unpaired) electrons. The van der Waals surface area contributed by atoms with Gasteiger partial charge in [0.25, 0.3) is 11.8 Å². The third-order valence-electron chi connectivity index (χ3n) is 7.82. The minimum atomic E-state index is -0.616. The molecule has 1 aromatic rings. The van der Waals surface area contributed by atoms with Gasteiger partial charge in [-0.25, -0.2) is 0 Å². The zero-order valence-corrected chi connectivity index (χ0v) is 25.6. The number of hydrogen-bond acceptors (Lipinski definition) is 7. The average Bonchev–Trinajstić information content (AvgIpc) is 3.16. The number of benzene rings is 1. The first-order valence-corrected chi connectivity index (χ1v) is 14.3. The number of likely N-dealkylation sites (N-methyl/N-ethyl adjacent to an activating group) is 2. The number of ether oxygens (including phenoxy) is 1. The summed E-state index contributed by atoms with van der Waals surface area (Å²) in [6.07, 6.45) is 0.967. The lowest BCUT2D eigenvalue weighted by Gasteiger charge is -2.36. The monoisotopic (exact) mass is 560 g/mol. The number of hydrogen-bond donors (Lipinski definition) is 1. The van der Waals surface area contributed by atoms with Gasteiger partial charge in [-0.3, -0.25) is 28.9 Å². The molecule has 1 aliphatic heterocycles. The maximum atomic E-state index is 13.4. The molecule has 0 spiro atoms. The molecule has 10 nitrogen and oxygen atoms in total. The number of carbonyl (C=O) groups excluding carboxylic acids is 4. The van der Waals surface area contributed by atoms with Crippen LogP contribution < -0.4 is 5.32 Å². The van der Waals surface area contributed by atoms with Crippen molar-refractivity contribution >= 4 is 23.6 Å². The van der Waals surface area contributed by atoms with E-state index in [0.717, 1.165) is 11.5 Å². The lowest BCUT2D eigenvalue weighted by atomic mass is 9.96. The molecule has 40 heavy (non-hydrogen) atoms. The molecular formula is C30H48N4O6. The molecule has 1 N–H and O–H groups in total. The number of fused-ring (bicyclic) bond motifs is 1. The Morgan fingerprint density at radius 3 is 1.98 bits per heavy atom. The van der Waals surface area contributed by atoms with Gasteiger partial charge < -0.3 is 15.0 Å². The number of carbonyl (C=O) groups is 4. The Bertz CT molecular complexity index is 994. The fourth-order valence-electron chi connectivity index (χ4n) is 4.83. The van der Waals surface area contributed by atoms with Gasteiger partial charge >= 0.3 is 0 Å². The number of nitrogens with one attached hydrogen (secondary N) is 1. The van der Waals surface area contributed by atoms with E-state index in [1.807, 2.05) is 53.6 Å². The molecule has 224 valence electrons. The number of imide groups is 1. The van der Waals surface area contributed by atoms with Crippen molar-refractivity contribution in [2.75, 3.05) is 40.5 Å². The number of amides is 4. The molecule has 0 saturated carbocycles. The number of hydroxylamine groups is 2. The van der Waals surface area contributed by atoms with Crippen molar-refractivity contribution in [3.8, 4) is 0 Å². The Balaban J connectivity index is 1.86. The summed E-state index contributed by atoms with van der Waals surface area (Å²) in [5.74, 6) is -0.945. The largest absolute Gasteiger partial charge is 0.378 e. The summed E-state index contributed by atoms with van der Waals surface area (Å²) in [4.78, 5) is 60.5. The number of nitrogens with zero attached hydrogens (tertiary/aromatic N) is 3. The maximum absolute atomic E-state index is 13.4. The molecule has 0 bridgehead atoms. The predicted molar refractivity (Wildman–Crippen MR) is 153 cm³/mol. The molecule has 0 aliphatic carbocycles. The van der Waals surface area contributed by atoms with E-state index in [0.29, 0.717) is 30.2 Å². The van der Waals surface area contributed by atoms with E-state index in [2.05, 4.69) is 19.2 Å². The Morgan fingerprint density at radius 1 is 0.900 bits per heavy atom. The second kappa shape index (κ2) is 15.3. The van der Waals surface area contributed by atoms with Gasteiger partial charge in [0.15, 0.2) is 0 Å². The molecular weight excluding hydrogens is 512 g/mol. The molecule has 0 fully saturated rings. The normalized spacial score (nSPS) is 16.4. The van der Waals surface area contributed by atoms with E-state index in [1.165, 1.54) is 0 Å². The van der Waals surface area contributed by atoms with E-state index in [1.54, 1.807) is 29.2 Å². The topological polar surface area (TPSA) is 108 Å². The second-order valence-electron chi connectivity index (χ2n) is 11.4. The first-order valence-electron chi connectivity index (χ1n) is 14.3. The van der Waals surface area contributed by atoms with E-state index < -0.39 is 23.9 Å². The Labute approximate surface area is 239 Å². The van der Waals surface area contributed by atoms with E-state index in [4.69, 9.17) is 9.57 Å². The summed E-state index contributed by atoms with van der Waals surface area (Å²) in [5, 5.41) is 3.80. The van der Waals surface area contributed by atoms with E-state index in [-0.39, 0.29) is 42.9 Å². The van der Waals surface area contributed by atoms with Crippen molar-refractivity contribution in [1.29, 1.82) is 0 Å². The third-order valence-corrected chi connectivity index (χ3v) is 7.82. The fraction of sp³-hybridized carbons (Fsp3) is 0.667.